The van der Waals surface area contributed by atoms with Crippen LogP contribution in [0.3, 0.4) is 0 Å². The molecule has 5 nitrogen and oxygen atoms in total. The van der Waals surface area contributed by atoms with Gasteiger partial charge in [0.25, 0.3) is 0 Å². The number of hydrogen-bond donors (Lipinski definition) is 2. The third kappa shape index (κ3) is 5.33. The molecule has 1 aromatic heterocycles. The Morgan fingerprint density at radius 1 is 1.43 bits per heavy atom. The van der Waals surface area contributed by atoms with Crippen molar-refractivity contribution >= 4 is 22.9 Å². The Morgan fingerprint density at radius 3 is 2.91 bits per heavy atom. The molecule has 0 aliphatic heterocycles. The van der Waals surface area contributed by atoms with E-state index >= 15 is 0 Å². The monoisotopic (exact) mass is 334 g/mol. The standard InChI is InChI=1S/C17H22N2O3S/c1-3-22-16-8-7-14(9-13(16)10-20)19-17(21)6-4-5-15-11-23-12(2)18-15/h7-9,11,20H,3-6,10H2,1-2H3,(H,19,21). The van der Waals surface area contributed by atoms with E-state index in [1.807, 2.05) is 19.2 Å². The second kappa shape index (κ2) is 8.64. The van der Waals surface area contributed by atoms with E-state index < -0.39 is 0 Å². The topological polar surface area (TPSA) is 71.5 Å². The number of thiazole rings is 1. The zero-order valence-electron chi connectivity index (χ0n) is 13.5. The van der Waals surface area contributed by atoms with Gasteiger partial charge in [0.05, 0.1) is 23.9 Å². The maximum atomic E-state index is 12.0. The van der Waals surface area contributed by atoms with Crippen LogP contribution < -0.4 is 10.1 Å². The molecule has 1 amide bonds. The van der Waals surface area contributed by atoms with E-state index in [4.69, 9.17) is 4.74 Å². The molecule has 1 heterocycles. The second-order valence-electron chi connectivity index (χ2n) is 5.17. The van der Waals surface area contributed by atoms with Gasteiger partial charge in [0, 0.05) is 23.1 Å². The molecule has 0 aliphatic carbocycles. The summed E-state index contributed by atoms with van der Waals surface area (Å²) in [5.74, 6) is 0.608. The lowest BCUT2D eigenvalue weighted by Crippen LogP contribution is -2.12. The van der Waals surface area contributed by atoms with Crippen LogP contribution in [0.5, 0.6) is 5.75 Å². The molecule has 0 saturated heterocycles. The van der Waals surface area contributed by atoms with Gasteiger partial charge in [-0.05, 0) is 44.9 Å². The zero-order chi connectivity index (χ0) is 16.7. The summed E-state index contributed by atoms with van der Waals surface area (Å²) in [6.07, 6.45) is 2.01. The summed E-state index contributed by atoms with van der Waals surface area (Å²) in [6.45, 7) is 4.28. The number of nitrogens with zero attached hydrogens (tertiary/aromatic N) is 1. The van der Waals surface area contributed by atoms with Crippen LogP contribution in [0, 0.1) is 6.92 Å². The van der Waals surface area contributed by atoms with Crippen LogP contribution in [0.15, 0.2) is 23.6 Å². The smallest absolute Gasteiger partial charge is 0.224 e. The van der Waals surface area contributed by atoms with Crippen molar-refractivity contribution in [3.63, 3.8) is 0 Å². The fourth-order valence-corrected chi connectivity index (χ4v) is 2.90. The summed E-state index contributed by atoms with van der Waals surface area (Å²) in [6, 6.07) is 5.29. The van der Waals surface area contributed by atoms with Crippen LogP contribution in [-0.4, -0.2) is 22.6 Å². The number of aryl methyl sites for hydroxylation is 2. The summed E-state index contributed by atoms with van der Waals surface area (Å²) in [5.41, 5.74) is 2.39. The first-order chi connectivity index (χ1) is 11.1. The molecule has 0 saturated carbocycles. The minimum atomic E-state index is -0.123. The Hall–Kier alpha value is -1.92. The number of aliphatic hydroxyl groups excluding tert-OH is 1. The number of carbonyl (C=O) groups is 1. The molecule has 2 N–H and O–H groups in total. The van der Waals surface area contributed by atoms with Crippen LogP contribution in [0.4, 0.5) is 5.69 Å². The summed E-state index contributed by atoms with van der Waals surface area (Å²) < 4.78 is 5.43. The largest absolute Gasteiger partial charge is 0.494 e. The van der Waals surface area contributed by atoms with Crippen molar-refractivity contribution in [3.8, 4) is 5.75 Å². The molecule has 2 aromatic rings. The maximum Gasteiger partial charge on any atom is 0.224 e. The predicted octanol–water partition coefficient (Wildman–Crippen LogP) is 3.30. The number of benzene rings is 1. The number of aliphatic hydroxyl groups is 1. The fourth-order valence-electron chi connectivity index (χ4n) is 2.25. The Balaban J connectivity index is 1.84. The van der Waals surface area contributed by atoms with E-state index in [0.717, 1.165) is 23.5 Å². The highest BCUT2D eigenvalue weighted by Crippen LogP contribution is 2.23. The van der Waals surface area contributed by atoms with Gasteiger partial charge in [0.15, 0.2) is 0 Å². The number of aromatic nitrogens is 1. The molecule has 0 unspecified atom stereocenters. The second-order valence-corrected chi connectivity index (χ2v) is 6.24. The van der Waals surface area contributed by atoms with Gasteiger partial charge in [-0.15, -0.1) is 11.3 Å². The number of nitrogens with one attached hydrogen (secondary N) is 1. The Bertz CT molecular complexity index is 655. The Labute approximate surface area is 140 Å². The van der Waals surface area contributed by atoms with Crippen molar-refractivity contribution in [1.29, 1.82) is 0 Å². The SMILES string of the molecule is CCOc1ccc(NC(=O)CCCc2csc(C)n2)cc1CO. The highest BCUT2D eigenvalue weighted by molar-refractivity contribution is 7.09. The quantitative estimate of drug-likeness (QED) is 0.777. The molecule has 0 aliphatic rings. The van der Waals surface area contributed by atoms with E-state index in [1.54, 1.807) is 29.5 Å². The maximum absolute atomic E-state index is 12.0. The molecule has 0 bridgehead atoms. The van der Waals surface area contributed by atoms with Gasteiger partial charge in [-0.1, -0.05) is 0 Å². The summed E-state index contributed by atoms with van der Waals surface area (Å²) in [5, 5.41) is 15.3. The minimum Gasteiger partial charge on any atom is -0.494 e. The Morgan fingerprint density at radius 2 is 2.26 bits per heavy atom. The molecule has 0 atom stereocenters. The van der Waals surface area contributed by atoms with Crippen molar-refractivity contribution in [1.82, 2.24) is 4.98 Å². The van der Waals surface area contributed by atoms with Gasteiger partial charge < -0.3 is 15.2 Å². The van der Waals surface area contributed by atoms with Gasteiger partial charge in [-0.2, -0.15) is 0 Å². The number of hydrogen-bond acceptors (Lipinski definition) is 5. The number of anilines is 1. The van der Waals surface area contributed by atoms with Gasteiger partial charge in [-0.3, -0.25) is 4.79 Å². The lowest BCUT2D eigenvalue weighted by atomic mass is 10.1. The van der Waals surface area contributed by atoms with Gasteiger partial charge in [0.2, 0.25) is 5.91 Å². The Kier molecular flexibility index (Phi) is 6.55. The third-order valence-electron chi connectivity index (χ3n) is 3.32. The lowest BCUT2D eigenvalue weighted by Gasteiger charge is -2.11. The number of ether oxygens (including phenoxy) is 1. The van der Waals surface area contributed by atoms with E-state index in [1.165, 1.54) is 0 Å². The van der Waals surface area contributed by atoms with Crippen LogP contribution in [-0.2, 0) is 17.8 Å². The molecule has 1 aromatic carbocycles. The summed E-state index contributed by atoms with van der Waals surface area (Å²) >= 11 is 1.63. The number of rotatable bonds is 8. The van der Waals surface area contributed by atoms with E-state index in [9.17, 15) is 9.90 Å². The first-order valence-corrected chi connectivity index (χ1v) is 8.57. The first kappa shape index (κ1) is 17.4. The van der Waals surface area contributed by atoms with Crippen LogP contribution in [0.25, 0.3) is 0 Å². The van der Waals surface area contributed by atoms with Crippen LogP contribution >= 0.6 is 11.3 Å². The fraction of sp³-hybridized carbons (Fsp3) is 0.412. The average Bonchev–Trinajstić information content (AvgIpc) is 2.94. The van der Waals surface area contributed by atoms with E-state index in [0.29, 0.717) is 30.0 Å². The number of amides is 1. The van der Waals surface area contributed by atoms with Crippen molar-refractivity contribution in [2.75, 3.05) is 11.9 Å². The van der Waals surface area contributed by atoms with E-state index in [-0.39, 0.29) is 12.5 Å². The normalized spacial score (nSPS) is 10.6. The van der Waals surface area contributed by atoms with Gasteiger partial charge >= 0.3 is 0 Å². The predicted molar refractivity (Wildman–Crippen MR) is 92.0 cm³/mol. The first-order valence-electron chi connectivity index (χ1n) is 7.69. The highest BCUT2D eigenvalue weighted by atomic mass is 32.1. The molecule has 0 fully saturated rings. The van der Waals surface area contributed by atoms with Crippen molar-refractivity contribution in [2.24, 2.45) is 0 Å². The van der Waals surface area contributed by atoms with Crippen LogP contribution in [0.1, 0.15) is 36.0 Å². The molecular weight excluding hydrogens is 312 g/mol. The molecule has 0 radical (unpaired) electrons. The molecule has 124 valence electrons. The number of carbonyl (C=O) groups excluding carboxylic acids is 1. The lowest BCUT2D eigenvalue weighted by molar-refractivity contribution is -0.116. The van der Waals surface area contributed by atoms with Crippen molar-refractivity contribution < 1.29 is 14.6 Å². The molecule has 6 heteroatoms. The van der Waals surface area contributed by atoms with Crippen molar-refractivity contribution in [2.45, 2.75) is 39.7 Å². The third-order valence-corrected chi connectivity index (χ3v) is 4.14. The highest BCUT2D eigenvalue weighted by Gasteiger charge is 2.08. The van der Waals surface area contributed by atoms with Crippen LogP contribution in [0.2, 0.25) is 0 Å². The summed E-state index contributed by atoms with van der Waals surface area (Å²) in [4.78, 5) is 16.4. The minimum absolute atomic E-state index is 0.0370. The molecule has 23 heavy (non-hydrogen) atoms. The molecule has 0 spiro atoms. The average molecular weight is 334 g/mol. The van der Waals surface area contributed by atoms with Gasteiger partial charge in [-0.25, -0.2) is 4.98 Å². The van der Waals surface area contributed by atoms with E-state index in [2.05, 4.69) is 10.3 Å². The summed E-state index contributed by atoms with van der Waals surface area (Å²) in [7, 11) is 0. The zero-order valence-corrected chi connectivity index (χ0v) is 14.3. The molecular formula is C17H22N2O3S. The van der Waals surface area contributed by atoms with Gasteiger partial charge in [0.1, 0.15) is 5.75 Å². The van der Waals surface area contributed by atoms with Crippen molar-refractivity contribution in [3.05, 3.63) is 39.8 Å². The molecule has 2 rings (SSSR count).